The lowest BCUT2D eigenvalue weighted by Crippen LogP contribution is -2.24. The van der Waals surface area contributed by atoms with E-state index < -0.39 is 0 Å². The zero-order valence-electron chi connectivity index (χ0n) is 8.57. The lowest BCUT2D eigenvalue weighted by atomic mass is 10.2. The average molecular weight is 233 g/mol. The highest BCUT2D eigenvalue weighted by atomic mass is 35.5. The van der Waals surface area contributed by atoms with Gasteiger partial charge in [0.25, 0.3) is 0 Å². The normalized spacial score (nSPS) is 12.3. The fourth-order valence-corrected chi connectivity index (χ4v) is 1.10. The third-order valence-electron chi connectivity index (χ3n) is 1.82. The summed E-state index contributed by atoms with van der Waals surface area (Å²) < 4.78 is 4.84. The van der Waals surface area contributed by atoms with Gasteiger partial charge in [-0.15, -0.1) is 0 Å². The second-order valence-corrected chi connectivity index (χ2v) is 3.18. The summed E-state index contributed by atoms with van der Waals surface area (Å²) in [4.78, 5) is 11.5. The van der Waals surface area contributed by atoms with E-state index in [1.807, 2.05) is 6.92 Å². The van der Waals surface area contributed by atoms with E-state index in [1.165, 1.54) is 7.11 Å². The summed E-state index contributed by atoms with van der Waals surface area (Å²) in [5.74, 6) is 0.299. The van der Waals surface area contributed by atoms with E-state index in [2.05, 4.69) is 20.3 Å². The molecule has 0 aliphatic heterocycles. The molecular formula is C8H13ClN4O2. The Morgan fingerprint density at radius 1 is 1.47 bits per heavy atom. The largest absolute Gasteiger partial charge is 0.467 e. The first-order valence-corrected chi connectivity index (χ1v) is 4.90. The summed E-state index contributed by atoms with van der Waals surface area (Å²) in [7, 11) is 1.44. The molecule has 0 radical (unpaired) electrons. The second kappa shape index (κ2) is 5.67. The molecule has 0 fully saturated rings. The number of methoxy groups -OCH3 is 1. The van der Waals surface area contributed by atoms with Gasteiger partial charge in [-0.3, -0.25) is 0 Å². The van der Waals surface area contributed by atoms with E-state index in [1.54, 1.807) is 0 Å². The van der Waals surface area contributed by atoms with E-state index in [9.17, 15) is 0 Å². The van der Waals surface area contributed by atoms with Gasteiger partial charge in [0.15, 0.2) is 0 Å². The van der Waals surface area contributed by atoms with E-state index in [0.717, 1.165) is 6.42 Å². The highest BCUT2D eigenvalue weighted by Crippen LogP contribution is 2.11. The molecule has 0 bridgehead atoms. The van der Waals surface area contributed by atoms with Gasteiger partial charge in [-0.2, -0.15) is 15.0 Å². The zero-order chi connectivity index (χ0) is 11.3. The second-order valence-electron chi connectivity index (χ2n) is 2.85. The summed E-state index contributed by atoms with van der Waals surface area (Å²) in [6.07, 6.45) is 0.752. The van der Waals surface area contributed by atoms with Crippen LogP contribution in [0.15, 0.2) is 0 Å². The van der Waals surface area contributed by atoms with Crippen LogP contribution in [0.5, 0.6) is 6.01 Å². The molecule has 6 nitrogen and oxygen atoms in total. The molecule has 2 N–H and O–H groups in total. The average Bonchev–Trinajstić information content (AvgIpc) is 2.25. The van der Waals surface area contributed by atoms with Crippen molar-refractivity contribution in [2.75, 3.05) is 19.0 Å². The molecule has 0 amide bonds. The SMILES string of the molecule is CCC(CO)Nc1nc(Cl)nc(OC)n1. The highest BCUT2D eigenvalue weighted by molar-refractivity contribution is 6.28. The van der Waals surface area contributed by atoms with Crippen LogP contribution in [0.25, 0.3) is 0 Å². The molecule has 0 aromatic carbocycles. The summed E-state index contributed by atoms with van der Waals surface area (Å²) in [6, 6.07) is 0.0402. The Labute approximate surface area is 92.7 Å². The molecule has 1 aromatic rings. The minimum Gasteiger partial charge on any atom is -0.467 e. The third-order valence-corrected chi connectivity index (χ3v) is 1.99. The fraction of sp³-hybridized carbons (Fsp3) is 0.625. The first-order valence-electron chi connectivity index (χ1n) is 4.52. The molecule has 7 heteroatoms. The Kier molecular flexibility index (Phi) is 4.51. The monoisotopic (exact) mass is 232 g/mol. The molecule has 1 aromatic heterocycles. The molecule has 0 saturated carbocycles. The Morgan fingerprint density at radius 3 is 2.73 bits per heavy atom. The number of aliphatic hydroxyl groups excluding tert-OH is 1. The maximum Gasteiger partial charge on any atom is 0.322 e. The number of aromatic nitrogens is 3. The first-order chi connectivity index (χ1) is 7.19. The number of rotatable bonds is 5. The van der Waals surface area contributed by atoms with Gasteiger partial charge in [0.2, 0.25) is 11.2 Å². The summed E-state index contributed by atoms with van der Waals surface area (Å²) >= 11 is 5.65. The van der Waals surface area contributed by atoms with E-state index in [0.29, 0.717) is 5.95 Å². The quantitative estimate of drug-likeness (QED) is 0.779. The lowest BCUT2D eigenvalue weighted by Gasteiger charge is -2.13. The smallest absolute Gasteiger partial charge is 0.322 e. The van der Waals surface area contributed by atoms with Gasteiger partial charge in [0.05, 0.1) is 19.8 Å². The molecule has 1 unspecified atom stereocenters. The van der Waals surface area contributed by atoms with Gasteiger partial charge in [-0.05, 0) is 18.0 Å². The van der Waals surface area contributed by atoms with Gasteiger partial charge in [0.1, 0.15) is 0 Å². The first kappa shape index (κ1) is 11.9. The number of halogens is 1. The standard InChI is InChI=1S/C8H13ClN4O2/c1-3-5(4-14)10-7-11-6(9)12-8(13-7)15-2/h5,14H,3-4H2,1-2H3,(H,10,11,12,13). The van der Waals surface area contributed by atoms with Crippen LogP contribution in [0.2, 0.25) is 5.28 Å². The van der Waals surface area contributed by atoms with Crippen molar-refractivity contribution in [2.45, 2.75) is 19.4 Å². The van der Waals surface area contributed by atoms with Crippen molar-refractivity contribution in [1.82, 2.24) is 15.0 Å². The van der Waals surface area contributed by atoms with Gasteiger partial charge < -0.3 is 15.2 Å². The van der Waals surface area contributed by atoms with E-state index in [-0.39, 0.29) is 23.9 Å². The predicted octanol–water partition coefficient (Wildman–Crippen LogP) is 0.716. The number of aliphatic hydroxyl groups is 1. The Bertz CT molecular complexity index is 320. The van der Waals surface area contributed by atoms with Crippen molar-refractivity contribution >= 4 is 17.5 Å². The van der Waals surface area contributed by atoms with Gasteiger partial charge >= 0.3 is 6.01 Å². The van der Waals surface area contributed by atoms with Crippen LogP contribution in [0.4, 0.5) is 5.95 Å². The summed E-state index contributed by atoms with van der Waals surface area (Å²) in [5, 5.41) is 12.0. The Hall–Kier alpha value is -1.14. The van der Waals surface area contributed by atoms with E-state index in [4.69, 9.17) is 21.4 Å². The van der Waals surface area contributed by atoms with Crippen molar-refractivity contribution in [3.05, 3.63) is 5.28 Å². The number of hydrogen-bond donors (Lipinski definition) is 2. The lowest BCUT2D eigenvalue weighted by molar-refractivity contribution is 0.271. The van der Waals surface area contributed by atoms with Crippen LogP contribution >= 0.6 is 11.6 Å². The molecular weight excluding hydrogens is 220 g/mol. The number of ether oxygens (including phenoxy) is 1. The maximum absolute atomic E-state index is 8.99. The van der Waals surface area contributed by atoms with Crippen LogP contribution in [0, 0.1) is 0 Å². The van der Waals surface area contributed by atoms with Crippen molar-refractivity contribution in [1.29, 1.82) is 0 Å². The number of hydrogen-bond acceptors (Lipinski definition) is 6. The fourth-order valence-electron chi connectivity index (χ4n) is 0.947. The van der Waals surface area contributed by atoms with Crippen molar-refractivity contribution in [2.24, 2.45) is 0 Å². The minimum absolute atomic E-state index is 0.00210. The van der Waals surface area contributed by atoms with Crippen molar-refractivity contribution < 1.29 is 9.84 Å². The predicted molar refractivity (Wildman–Crippen MR) is 56.2 cm³/mol. The number of anilines is 1. The zero-order valence-corrected chi connectivity index (χ0v) is 9.32. The van der Waals surface area contributed by atoms with Gasteiger partial charge in [-0.1, -0.05) is 6.92 Å². The Balaban J connectivity index is 2.79. The van der Waals surface area contributed by atoms with Crippen molar-refractivity contribution in [3.8, 4) is 6.01 Å². The number of nitrogens with zero attached hydrogens (tertiary/aromatic N) is 3. The van der Waals surface area contributed by atoms with Crippen LogP contribution in [-0.4, -0.2) is 39.8 Å². The highest BCUT2D eigenvalue weighted by Gasteiger charge is 2.09. The van der Waals surface area contributed by atoms with Gasteiger partial charge in [-0.25, -0.2) is 0 Å². The van der Waals surface area contributed by atoms with Crippen LogP contribution in [-0.2, 0) is 0 Å². The topological polar surface area (TPSA) is 80.2 Å². The third kappa shape index (κ3) is 3.49. The molecule has 1 atom stereocenters. The van der Waals surface area contributed by atoms with Crippen LogP contribution in [0.3, 0.4) is 0 Å². The Morgan fingerprint density at radius 2 is 2.20 bits per heavy atom. The molecule has 0 aliphatic rings. The van der Waals surface area contributed by atoms with Crippen LogP contribution in [0.1, 0.15) is 13.3 Å². The number of nitrogens with one attached hydrogen (secondary N) is 1. The molecule has 15 heavy (non-hydrogen) atoms. The molecule has 0 saturated heterocycles. The van der Waals surface area contributed by atoms with Gasteiger partial charge in [0, 0.05) is 0 Å². The molecule has 1 heterocycles. The molecule has 84 valence electrons. The van der Waals surface area contributed by atoms with Crippen LogP contribution < -0.4 is 10.1 Å². The summed E-state index contributed by atoms with van der Waals surface area (Å²) in [5.41, 5.74) is 0. The van der Waals surface area contributed by atoms with E-state index >= 15 is 0 Å². The maximum atomic E-state index is 8.99. The molecule has 0 aliphatic carbocycles. The minimum atomic E-state index is -0.104. The van der Waals surface area contributed by atoms with Crippen molar-refractivity contribution in [3.63, 3.8) is 0 Å². The summed E-state index contributed by atoms with van der Waals surface area (Å²) in [6.45, 7) is 1.94. The molecule has 0 spiro atoms. The molecule has 1 rings (SSSR count).